The van der Waals surface area contributed by atoms with Gasteiger partial charge in [0, 0.05) is 17.0 Å². The smallest absolute Gasteiger partial charge is 0.320 e. The van der Waals surface area contributed by atoms with Gasteiger partial charge in [0.15, 0.2) is 0 Å². The Kier molecular flexibility index (Phi) is 5.02. The van der Waals surface area contributed by atoms with Crippen LogP contribution in [-0.4, -0.2) is 17.1 Å². The van der Waals surface area contributed by atoms with E-state index in [2.05, 4.69) is 16.6 Å². The van der Waals surface area contributed by atoms with Crippen molar-refractivity contribution in [3.63, 3.8) is 0 Å². The first-order valence-electron chi connectivity index (χ1n) is 3.47. The third kappa shape index (κ3) is 4.62. The summed E-state index contributed by atoms with van der Waals surface area (Å²) in [6, 6.07) is -1.06. The lowest BCUT2D eigenvalue weighted by molar-refractivity contribution is -0.138. The molecule has 13 heavy (non-hydrogen) atoms. The van der Waals surface area contributed by atoms with E-state index in [-0.39, 0.29) is 12.1 Å². The molecule has 0 spiro atoms. The van der Waals surface area contributed by atoms with Gasteiger partial charge in [0.25, 0.3) is 0 Å². The van der Waals surface area contributed by atoms with Crippen LogP contribution < -0.4 is 5.73 Å². The van der Waals surface area contributed by atoms with Crippen LogP contribution in [-0.2, 0) is 4.79 Å². The van der Waals surface area contributed by atoms with E-state index >= 15 is 0 Å². The molecule has 0 heterocycles. The second-order valence-corrected chi connectivity index (χ2v) is 2.23. The van der Waals surface area contributed by atoms with E-state index in [9.17, 15) is 4.79 Å². The molecule has 0 saturated heterocycles. The number of aliphatic carboxylic acids is 1. The predicted molar refractivity (Wildman–Crippen MR) is 47.7 cm³/mol. The normalized spacial score (nSPS) is 12.8. The molecule has 0 aliphatic heterocycles. The molecule has 0 aliphatic carbocycles. The van der Waals surface area contributed by atoms with E-state index in [1.54, 1.807) is 0 Å². The molecule has 3 N–H and O–H groups in total. The molecule has 0 bridgehead atoms. The first-order valence-corrected chi connectivity index (χ1v) is 3.47. The van der Waals surface area contributed by atoms with Crippen molar-refractivity contribution in [1.29, 1.82) is 0 Å². The van der Waals surface area contributed by atoms with Crippen LogP contribution in [0.2, 0.25) is 0 Å². The van der Waals surface area contributed by atoms with E-state index in [0.717, 1.165) is 0 Å². The molecule has 6 heteroatoms. The van der Waals surface area contributed by atoms with Crippen LogP contribution in [0.5, 0.6) is 0 Å². The summed E-state index contributed by atoms with van der Waals surface area (Å²) in [4.78, 5) is 12.9. The molecule has 0 aromatic heterocycles. The zero-order chi connectivity index (χ0) is 10.3. The fraction of sp³-hybridized carbons (Fsp3) is 0.286. The van der Waals surface area contributed by atoms with E-state index in [0.29, 0.717) is 0 Å². The summed E-state index contributed by atoms with van der Waals surface area (Å²) in [7, 11) is 0. The number of nitrogens with two attached hydrogens (primary N) is 1. The highest BCUT2D eigenvalue weighted by molar-refractivity contribution is 5.73. The molecule has 0 rings (SSSR count). The molecule has 0 aromatic rings. The second-order valence-electron chi connectivity index (χ2n) is 2.23. The van der Waals surface area contributed by atoms with Gasteiger partial charge in [0.2, 0.25) is 0 Å². The molecular formula is C7H10N4O2. The summed E-state index contributed by atoms with van der Waals surface area (Å²) in [5.41, 5.74) is 13.6. The van der Waals surface area contributed by atoms with Crippen LogP contribution in [0.1, 0.15) is 6.42 Å². The Hall–Kier alpha value is -1.78. The van der Waals surface area contributed by atoms with Gasteiger partial charge in [0.1, 0.15) is 6.04 Å². The van der Waals surface area contributed by atoms with Gasteiger partial charge >= 0.3 is 5.97 Å². The SMILES string of the molecule is C=CC=C(C[C@@H](N)C(=O)O)N=[N+]=[N-]. The Morgan fingerprint density at radius 2 is 2.46 bits per heavy atom. The number of hydrogen-bond donors (Lipinski definition) is 2. The van der Waals surface area contributed by atoms with Crippen molar-refractivity contribution in [1.82, 2.24) is 0 Å². The van der Waals surface area contributed by atoms with E-state index in [4.69, 9.17) is 16.4 Å². The van der Waals surface area contributed by atoms with Crippen molar-refractivity contribution >= 4 is 5.97 Å². The number of hydrogen-bond acceptors (Lipinski definition) is 3. The number of rotatable bonds is 5. The first-order chi connectivity index (χ1) is 6.11. The molecule has 0 radical (unpaired) electrons. The molecule has 0 saturated carbocycles. The summed E-state index contributed by atoms with van der Waals surface area (Å²) in [6.07, 6.45) is 2.81. The minimum atomic E-state index is -1.14. The maximum Gasteiger partial charge on any atom is 0.320 e. The molecule has 0 fully saturated rings. The Labute approximate surface area is 75.0 Å². The second kappa shape index (κ2) is 5.82. The molecule has 0 amide bonds. The molecule has 6 nitrogen and oxygen atoms in total. The summed E-state index contributed by atoms with van der Waals surface area (Å²) in [5, 5.41) is 11.7. The van der Waals surface area contributed by atoms with Gasteiger partial charge in [-0.1, -0.05) is 23.8 Å². The lowest BCUT2D eigenvalue weighted by Crippen LogP contribution is -2.30. The summed E-state index contributed by atoms with van der Waals surface area (Å²) in [5.74, 6) is -1.14. The van der Waals surface area contributed by atoms with Gasteiger partial charge < -0.3 is 10.8 Å². The third-order valence-electron chi connectivity index (χ3n) is 1.23. The Balaban J connectivity index is 4.43. The minimum Gasteiger partial charge on any atom is -0.480 e. The van der Waals surface area contributed by atoms with Crippen LogP contribution in [0.4, 0.5) is 0 Å². The Bertz CT molecular complexity index is 278. The average Bonchev–Trinajstić information content (AvgIpc) is 2.05. The van der Waals surface area contributed by atoms with Gasteiger partial charge in [-0.05, 0) is 5.53 Å². The van der Waals surface area contributed by atoms with Crippen molar-refractivity contribution in [2.45, 2.75) is 12.5 Å². The van der Waals surface area contributed by atoms with Crippen LogP contribution in [0.15, 0.2) is 29.5 Å². The summed E-state index contributed by atoms with van der Waals surface area (Å²) < 4.78 is 0. The highest BCUT2D eigenvalue weighted by atomic mass is 16.4. The summed E-state index contributed by atoms with van der Waals surface area (Å²) >= 11 is 0. The van der Waals surface area contributed by atoms with Crippen molar-refractivity contribution < 1.29 is 9.90 Å². The Morgan fingerprint density at radius 3 is 2.85 bits per heavy atom. The predicted octanol–water partition coefficient (Wildman–Crippen LogP) is 1.17. The van der Waals surface area contributed by atoms with Crippen molar-refractivity contribution in [2.75, 3.05) is 0 Å². The van der Waals surface area contributed by atoms with Gasteiger partial charge in [0.05, 0.1) is 0 Å². The van der Waals surface area contributed by atoms with Gasteiger partial charge in [-0.15, -0.1) is 0 Å². The molecular weight excluding hydrogens is 172 g/mol. The molecule has 0 unspecified atom stereocenters. The van der Waals surface area contributed by atoms with Gasteiger partial charge in [-0.25, -0.2) is 0 Å². The van der Waals surface area contributed by atoms with Crippen molar-refractivity contribution in [3.8, 4) is 0 Å². The lowest BCUT2D eigenvalue weighted by Gasteiger charge is -2.04. The van der Waals surface area contributed by atoms with Crippen molar-refractivity contribution in [3.05, 3.63) is 34.9 Å². The monoisotopic (exact) mass is 182 g/mol. The number of carboxylic acids is 1. The maximum absolute atomic E-state index is 10.3. The molecule has 0 aliphatic rings. The van der Waals surface area contributed by atoms with Crippen LogP contribution in [0, 0.1) is 0 Å². The quantitative estimate of drug-likeness (QED) is 0.288. The largest absolute Gasteiger partial charge is 0.480 e. The Morgan fingerprint density at radius 1 is 1.85 bits per heavy atom. The number of carbonyl (C=O) groups is 1. The van der Waals surface area contributed by atoms with E-state index in [1.165, 1.54) is 12.2 Å². The van der Waals surface area contributed by atoms with Gasteiger partial charge in [-0.2, -0.15) is 0 Å². The van der Waals surface area contributed by atoms with E-state index < -0.39 is 12.0 Å². The van der Waals surface area contributed by atoms with Crippen LogP contribution in [0.3, 0.4) is 0 Å². The highest BCUT2D eigenvalue weighted by Crippen LogP contribution is 2.06. The van der Waals surface area contributed by atoms with Crippen LogP contribution >= 0.6 is 0 Å². The highest BCUT2D eigenvalue weighted by Gasteiger charge is 2.12. The number of azide groups is 1. The number of nitrogens with zero attached hydrogens (tertiary/aromatic N) is 3. The van der Waals surface area contributed by atoms with Gasteiger partial charge in [-0.3, -0.25) is 4.79 Å². The summed E-state index contributed by atoms with van der Waals surface area (Å²) in [6.45, 7) is 3.39. The topological polar surface area (TPSA) is 112 Å². The minimum absolute atomic E-state index is 0.00852. The average molecular weight is 182 g/mol. The molecule has 70 valence electrons. The third-order valence-corrected chi connectivity index (χ3v) is 1.23. The van der Waals surface area contributed by atoms with Crippen molar-refractivity contribution in [2.24, 2.45) is 10.8 Å². The number of allylic oxidation sites excluding steroid dienone is 2. The standard InChI is InChI=1S/C7H10N4O2/c1-2-3-5(10-11-9)4-6(8)7(12)13/h2-3,6H,1,4,8H2,(H,12,13)/t6-/m1/s1. The fourth-order valence-electron chi connectivity index (χ4n) is 0.648. The zero-order valence-electron chi connectivity index (χ0n) is 6.92. The molecule has 1 atom stereocenters. The van der Waals surface area contributed by atoms with E-state index in [1.807, 2.05) is 0 Å². The fourth-order valence-corrected chi connectivity index (χ4v) is 0.648. The number of carboxylic acid groups (broad SMARTS) is 1. The first kappa shape index (κ1) is 11.2. The molecule has 0 aromatic carbocycles. The maximum atomic E-state index is 10.3. The van der Waals surface area contributed by atoms with Crippen LogP contribution in [0.25, 0.3) is 10.4 Å². The lowest BCUT2D eigenvalue weighted by atomic mass is 10.2. The zero-order valence-corrected chi connectivity index (χ0v) is 6.92.